The summed E-state index contributed by atoms with van der Waals surface area (Å²) in [5.41, 5.74) is 0.849. The number of thioether (sulfide) groups is 1. The molecule has 23 heavy (non-hydrogen) atoms. The van der Waals surface area contributed by atoms with Gasteiger partial charge in [-0.3, -0.25) is 4.90 Å². The second-order valence-electron chi connectivity index (χ2n) is 6.33. The van der Waals surface area contributed by atoms with Gasteiger partial charge in [0.25, 0.3) is 0 Å². The van der Waals surface area contributed by atoms with Gasteiger partial charge in [0.15, 0.2) is 17.3 Å². The number of fused-ring (bicyclic) bond motifs is 1. The standard InChI is InChI=1S/C15H21N5OS.ClH/c1-10-13(21-9-16-10)14-17-18-15(19(14)2)22-5-3-4-11-6-12-8-20(12)7-11;/h9,11-12H,3-8H2,1-2H3;1H. The van der Waals surface area contributed by atoms with E-state index in [1.165, 1.54) is 38.7 Å². The van der Waals surface area contributed by atoms with Gasteiger partial charge >= 0.3 is 0 Å². The second-order valence-corrected chi connectivity index (χ2v) is 7.39. The molecule has 126 valence electrons. The van der Waals surface area contributed by atoms with Gasteiger partial charge in [-0.05, 0) is 32.1 Å². The van der Waals surface area contributed by atoms with Gasteiger partial charge in [-0.2, -0.15) is 0 Å². The molecule has 0 saturated carbocycles. The third kappa shape index (κ3) is 3.41. The summed E-state index contributed by atoms with van der Waals surface area (Å²) >= 11 is 1.78. The first-order valence-electron chi connectivity index (χ1n) is 7.89. The number of nitrogens with zero attached hydrogens (tertiary/aromatic N) is 5. The van der Waals surface area contributed by atoms with Crippen molar-refractivity contribution in [3.63, 3.8) is 0 Å². The SMILES string of the molecule is Cc1ncoc1-c1nnc(SCCCC2CC3CN3C2)n1C.Cl. The fourth-order valence-electron chi connectivity index (χ4n) is 3.36. The van der Waals surface area contributed by atoms with Crippen LogP contribution in [0.4, 0.5) is 0 Å². The summed E-state index contributed by atoms with van der Waals surface area (Å²) in [7, 11) is 1.98. The molecule has 2 saturated heterocycles. The first-order valence-corrected chi connectivity index (χ1v) is 8.87. The highest BCUT2D eigenvalue weighted by Gasteiger charge is 2.42. The molecule has 4 heterocycles. The van der Waals surface area contributed by atoms with Crippen molar-refractivity contribution in [2.75, 3.05) is 18.8 Å². The van der Waals surface area contributed by atoms with Gasteiger partial charge in [0.05, 0.1) is 5.69 Å². The average molecular weight is 356 g/mol. The molecule has 2 fully saturated rings. The van der Waals surface area contributed by atoms with Crippen LogP contribution in [-0.4, -0.2) is 49.5 Å². The van der Waals surface area contributed by atoms with E-state index in [1.807, 2.05) is 18.5 Å². The number of halogens is 1. The van der Waals surface area contributed by atoms with E-state index in [1.54, 1.807) is 11.8 Å². The lowest BCUT2D eigenvalue weighted by Crippen LogP contribution is -2.07. The van der Waals surface area contributed by atoms with Gasteiger partial charge < -0.3 is 8.98 Å². The minimum atomic E-state index is 0. The van der Waals surface area contributed by atoms with Crippen LogP contribution in [-0.2, 0) is 7.05 Å². The van der Waals surface area contributed by atoms with Crippen LogP contribution in [0.5, 0.6) is 0 Å². The van der Waals surface area contributed by atoms with E-state index >= 15 is 0 Å². The van der Waals surface area contributed by atoms with Crippen LogP contribution in [0.3, 0.4) is 0 Å². The van der Waals surface area contributed by atoms with Gasteiger partial charge in [0.1, 0.15) is 0 Å². The number of piperidine rings is 1. The van der Waals surface area contributed by atoms with Gasteiger partial charge in [0.2, 0.25) is 5.82 Å². The van der Waals surface area contributed by atoms with E-state index in [0.29, 0.717) is 5.76 Å². The number of oxazole rings is 1. The lowest BCUT2D eigenvalue weighted by Gasteiger charge is -2.10. The summed E-state index contributed by atoms with van der Waals surface area (Å²) in [4.78, 5) is 6.70. The summed E-state index contributed by atoms with van der Waals surface area (Å²) in [6, 6.07) is 0.934. The van der Waals surface area contributed by atoms with Crippen molar-refractivity contribution in [2.45, 2.75) is 37.4 Å². The molecule has 3 atom stereocenters. The lowest BCUT2D eigenvalue weighted by atomic mass is 10.0. The maximum Gasteiger partial charge on any atom is 0.202 e. The molecule has 0 radical (unpaired) electrons. The topological polar surface area (TPSA) is 59.8 Å². The van der Waals surface area contributed by atoms with Crippen LogP contribution >= 0.6 is 24.2 Å². The second kappa shape index (κ2) is 6.83. The molecular formula is C15H22ClN5OS. The van der Waals surface area contributed by atoms with E-state index in [9.17, 15) is 0 Å². The van der Waals surface area contributed by atoms with Crippen LogP contribution in [0.2, 0.25) is 0 Å². The zero-order chi connectivity index (χ0) is 15.1. The summed E-state index contributed by atoms with van der Waals surface area (Å²) < 4.78 is 7.40. The van der Waals surface area contributed by atoms with Crippen LogP contribution in [0.25, 0.3) is 11.6 Å². The van der Waals surface area contributed by atoms with E-state index in [-0.39, 0.29) is 12.4 Å². The summed E-state index contributed by atoms with van der Waals surface area (Å²) in [6.45, 7) is 4.60. The minimum absolute atomic E-state index is 0. The molecular weight excluding hydrogens is 334 g/mol. The molecule has 0 aliphatic carbocycles. The highest BCUT2D eigenvalue weighted by atomic mass is 35.5. The third-order valence-corrected chi connectivity index (χ3v) is 5.80. The number of aromatic nitrogens is 4. The smallest absolute Gasteiger partial charge is 0.202 e. The fraction of sp³-hybridized carbons (Fsp3) is 0.667. The van der Waals surface area contributed by atoms with Crippen LogP contribution in [0, 0.1) is 12.8 Å². The minimum Gasteiger partial charge on any atom is -0.440 e. The normalized spacial score (nSPS) is 25.2. The van der Waals surface area contributed by atoms with Crippen LogP contribution < -0.4 is 0 Å². The van der Waals surface area contributed by atoms with E-state index in [2.05, 4.69) is 20.1 Å². The first kappa shape index (κ1) is 16.8. The zero-order valence-electron chi connectivity index (χ0n) is 13.4. The monoisotopic (exact) mass is 355 g/mol. The quantitative estimate of drug-likeness (QED) is 0.451. The molecule has 0 bridgehead atoms. The Morgan fingerprint density at radius 1 is 1.35 bits per heavy atom. The molecule has 2 aromatic heterocycles. The number of hydrogen-bond donors (Lipinski definition) is 0. The first-order chi connectivity index (χ1) is 10.7. The maximum atomic E-state index is 5.40. The summed E-state index contributed by atoms with van der Waals surface area (Å²) in [5.74, 6) is 3.48. The number of rotatable bonds is 6. The lowest BCUT2D eigenvalue weighted by molar-refractivity contribution is 0.450. The average Bonchev–Trinajstić information content (AvgIpc) is 2.86. The highest BCUT2D eigenvalue weighted by Crippen LogP contribution is 2.36. The predicted octanol–water partition coefficient (Wildman–Crippen LogP) is 2.78. The van der Waals surface area contributed by atoms with Crippen molar-refractivity contribution in [3.05, 3.63) is 12.1 Å². The Morgan fingerprint density at radius 2 is 2.22 bits per heavy atom. The molecule has 6 nitrogen and oxygen atoms in total. The van der Waals surface area contributed by atoms with Gasteiger partial charge in [-0.25, -0.2) is 4.98 Å². The Bertz CT molecular complexity index is 663. The maximum absolute atomic E-state index is 5.40. The molecule has 2 aliphatic rings. The number of aryl methyl sites for hydroxylation is 1. The molecule has 8 heteroatoms. The van der Waals surface area contributed by atoms with Crippen LogP contribution in [0.15, 0.2) is 16.0 Å². The van der Waals surface area contributed by atoms with Crippen molar-refractivity contribution in [3.8, 4) is 11.6 Å². The van der Waals surface area contributed by atoms with Crippen molar-refractivity contribution >= 4 is 24.2 Å². The fourth-order valence-corrected chi connectivity index (χ4v) is 4.23. The highest BCUT2D eigenvalue weighted by molar-refractivity contribution is 7.99. The Morgan fingerprint density at radius 3 is 2.91 bits per heavy atom. The molecule has 3 unspecified atom stereocenters. The van der Waals surface area contributed by atoms with Crippen LogP contribution in [0.1, 0.15) is 25.0 Å². The summed E-state index contributed by atoms with van der Waals surface area (Å²) in [6.07, 6.45) is 5.46. The summed E-state index contributed by atoms with van der Waals surface area (Å²) in [5, 5.41) is 9.47. The Hall–Kier alpha value is -1.05. The van der Waals surface area contributed by atoms with Crippen molar-refractivity contribution in [2.24, 2.45) is 13.0 Å². The van der Waals surface area contributed by atoms with Gasteiger partial charge in [0, 0.05) is 31.9 Å². The Balaban J connectivity index is 0.00000156. The Kier molecular flexibility index (Phi) is 4.98. The van der Waals surface area contributed by atoms with Gasteiger partial charge in [-0.15, -0.1) is 22.6 Å². The Labute approximate surface area is 146 Å². The molecule has 0 N–H and O–H groups in total. The molecule has 0 spiro atoms. The van der Waals surface area contributed by atoms with Crippen molar-refractivity contribution in [1.29, 1.82) is 0 Å². The molecule has 4 rings (SSSR count). The molecule has 0 aromatic carbocycles. The largest absolute Gasteiger partial charge is 0.440 e. The van der Waals surface area contributed by atoms with E-state index in [0.717, 1.165) is 34.4 Å². The predicted molar refractivity (Wildman–Crippen MR) is 91.9 cm³/mol. The van der Waals surface area contributed by atoms with Crippen molar-refractivity contribution < 1.29 is 4.42 Å². The third-order valence-electron chi connectivity index (χ3n) is 4.70. The molecule has 0 amide bonds. The molecule has 2 aromatic rings. The zero-order valence-corrected chi connectivity index (χ0v) is 15.1. The van der Waals surface area contributed by atoms with Gasteiger partial charge in [-0.1, -0.05) is 11.8 Å². The number of hydrogen-bond acceptors (Lipinski definition) is 6. The van der Waals surface area contributed by atoms with Crippen molar-refractivity contribution in [1.82, 2.24) is 24.6 Å². The van der Waals surface area contributed by atoms with E-state index < -0.39 is 0 Å². The van der Waals surface area contributed by atoms with E-state index in [4.69, 9.17) is 4.42 Å². The molecule has 2 aliphatic heterocycles.